The van der Waals surface area contributed by atoms with Gasteiger partial charge in [0.05, 0.1) is 12.1 Å². The summed E-state index contributed by atoms with van der Waals surface area (Å²) in [4.78, 5) is 15.3. The number of carboxylic acid groups (broad SMARTS) is 1. The average Bonchev–Trinajstić information content (AvgIpc) is 3.18. The van der Waals surface area contributed by atoms with E-state index in [1.807, 2.05) is 31.2 Å². The number of hydrogen-bond donors (Lipinski definition) is 1. The van der Waals surface area contributed by atoms with E-state index >= 15 is 0 Å². The second kappa shape index (κ2) is 5.12. The SMILES string of the molecule is Cc1coc(-c2ccc(C(CC(=O)O)C3CC3)cc2)n1. The van der Waals surface area contributed by atoms with Gasteiger partial charge >= 0.3 is 5.97 Å². The Kier molecular flexibility index (Phi) is 3.30. The average molecular weight is 271 g/mol. The predicted octanol–water partition coefficient (Wildman–Crippen LogP) is 3.62. The highest BCUT2D eigenvalue weighted by Crippen LogP contribution is 2.44. The van der Waals surface area contributed by atoms with Gasteiger partial charge in [-0.25, -0.2) is 4.98 Å². The number of aromatic nitrogens is 1. The third kappa shape index (κ3) is 2.74. The highest BCUT2D eigenvalue weighted by molar-refractivity contribution is 5.68. The lowest BCUT2D eigenvalue weighted by atomic mass is 9.90. The van der Waals surface area contributed by atoms with Crippen LogP contribution in [0.15, 0.2) is 34.9 Å². The van der Waals surface area contributed by atoms with E-state index < -0.39 is 5.97 Å². The van der Waals surface area contributed by atoms with Crippen LogP contribution < -0.4 is 0 Å². The molecule has 1 saturated carbocycles. The molecule has 20 heavy (non-hydrogen) atoms. The van der Waals surface area contributed by atoms with Gasteiger partial charge in [-0.3, -0.25) is 4.79 Å². The molecule has 1 aliphatic rings. The zero-order valence-electron chi connectivity index (χ0n) is 11.4. The van der Waals surface area contributed by atoms with Crippen molar-refractivity contribution in [1.82, 2.24) is 4.98 Å². The molecule has 1 fully saturated rings. The standard InChI is InChI=1S/C16H17NO3/c1-10-9-20-16(17-10)13-6-4-12(5-7-13)14(8-15(18)19)11-2-3-11/h4-7,9,11,14H,2-3,8H2,1H3,(H,18,19). The van der Waals surface area contributed by atoms with Gasteiger partial charge < -0.3 is 9.52 Å². The van der Waals surface area contributed by atoms with Crippen molar-refractivity contribution in [2.24, 2.45) is 5.92 Å². The van der Waals surface area contributed by atoms with Crippen LogP contribution in [0.5, 0.6) is 0 Å². The van der Waals surface area contributed by atoms with Gasteiger partial charge in [0.1, 0.15) is 6.26 Å². The highest BCUT2D eigenvalue weighted by atomic mass is 16.4. The predicted molar refractivity (Wildman–Crippen MR) is 74.4 cm³/mol. The van der Waals surface area contributed by atoms with Crippen LogP contribution >= 0.6 is 0 Å². The molecule has 0 bridgehead atoms. The van der Waals surface area contributed by atoms with Gasteiger partial charge in [0, 0.05) is 5.56 Å². The largest absolute Gasteiger partial charge is 0.481 e. The summed E-state index contributed by atoms with van der Waals surface area (Å²) < 4.78 is 5.37. The number of carbonyl (C=O) groups is 1. The van der Waals surface area contributed by atoms with Gasteiger partial charge in [-0.1, -0.05) is 12.1 Å². The molecule has 2 aromatic rings. The molecule has 0 aliphatic heterocycles. The summed E-state index contributed by atoms with van der Waals surface area (Å²) >= 11 is 0. The fourth-order valence-electron chi connectivity index (χ4n) is 2.60. The Morgan fingerprint density at radius 3 is 2.60 bits per heavy atom. The van der Waals surface area contributed by atoms with Gasteiger partial charge in [-0.2, -0.15) is 0 Å². The Hall–Kier alpha value is -2.10. The molecule has 1 unspecified atom stereocenters. The third-order valence-electron chi connectivity index (χ3n) is 3.79. The maximum absolute atomic E-state index is 11.0. The molecule has 0 spiro atoms. The minimum absolute atomic E-state index is 0.132. The van der Waals surface area contributed by atoms with Crippen LogP contribution in [0.2, 0.25) is 0 Å². The lowest BCUT2D eigenvalue weighted by molar-refractivity contribution is -0.137. The van der Waals surface area contributed by atoms with Crippen molar-refractivity contribution in [3.05, 3.63) is 41.8 Å². The van der Waals surface area contributed by atoms with Crippen molar-refractivity contribution >= 4 is 5.97 Å². The number of nitrogens with zero attached hydrogens (tertiary/aromatic N) is 1. The number of oxazole rings is 1. The number of aliphatic carboxylic acids is 1. The maximum Gasteiger partial charge on any atom is 0.303 e. The zero-order chi connectivity index (χ0) is 14.1. The second-order valence-electron chi connectivity index (χ2n) is 5.46. The number of rotatable bonds is 5. The lowest BCUT2D eigenvalue weighted by Crippen LogP contribution is -2.08. The summed E-state index contributed by atoms with van der Waals surface area (Å²) in [6, 6.07) is 7.91. The summed E-state index contributed by atoms with van der Waals surface area (Å²) in [5, 5.41) is 9.03. The summed E-state index contributed by atoms with van der Waals surface area (Å²) in [6.07, 6.45) is 4.11. The Morgan fingerprint density at radius 1 is 1.40 bits per heavy atom. The Balaban J connectivity index is 1.82. The summed E-state index contributed by atoms with van der Waals surface area (Å²) in [6.45, 7) is 1.89. The monoisotopic (exact) mass is 271 g/mol. The van der Waals surface area contributed by atoms with Crippen LogP contribution in [-0.4, -0.2) is 16.1 Å². The molecule has 104 valence electrons. The molecule has 4 nitrogen and oxygen atoms in total. The number of carboxylic acids is 1. The van der Waals surface area contributed by atoms with Gasteiger partial charge in [-0.05, 0) is 49.3 Å². The van der Waals surface area contributed by atoms with Crippen molar-refractivity contribution in [3.63, 3.8) is 0 Å². The van der Waals surface area contributed by atoms with Crippen LogP contribution in [0.4, 0.5) is 0 Å². The van der Waals surface area contributed by atoms with E-state index in [1.165, 1.54) is 0 Å². The molecule has 1 atom stereocenters. The highest BCUT2D eigenvalue weighted by Gasteiger charge is 2.33. The minimum atomic E-state index is -0.727. The molecule has 1 heterocycles. The van der Waals surface area contributed by atoms with E-state index in [2.05, 4.69) is 4.98 Å². The Labute approximate surface area is 117 Å². The topological polar surface area (TPSA) is 63.3 Å². The molecule has 4 heteroatoms. The summed E-state index contributed by atoms with van der Waals surface area (Å²) in [5.41, 5.74) is 2.87. The van der Waals surface area contributed by atoms with Gasteiger partial charge in [-0.15, -0.1) is 0 Å². The van der Waals surface area contributed by atoms with Crippen LogP contribution in [0.1, 0.15) is 36.4 Å². The van der Waals surface area contributed by atoms with Crippen molar-refractivity contribution in [1.29, 1.82) is 0 Å². The third-order valence-corrected chi connectivity index (χ3v) is 3.79. The number of hydrogen-bond acceptors (Lipinski definition) is 3. The molecule has 1 aromatic carbocycles. The summed E-state index contributed by atoms with van der Waals surface area (Å²) in [7, 11) is 0. The van der Waals surface area contributed by atoms with Gasteiger partial charge in [0.2, 0.25) is 5.89 Å². The quantitative estimate of drug-likeness (QED) is 0.902. The Morgan fingerprint density at radius 2 is 2.10 bits per heavy atom. The van der Waals surface area contributed by atoms with Crippen molar-refractivity contribution in [2.45, 2.75) is 32.1 Å². The first-order valence-electron chi connectivity index (χ1n) is 6.88. The van der Waals surface area contributed by atoms with Crippen molar-refractivity contribution < 1.29 is 14.3 Å². The molecule has 1 N–H and O–H groups in total. The maximum atomic E-state index is 11.0. The van der Waals surface area contributed by atoms with E-state index in [1.54, 1.807) is 6.26 Å². The number of aryl methyl sites for hydroxylation is 1. The van der Waals surface area contributed by atoms with Crippen LogP contribution in [0, 0.1) is 12.8 Å². The van der Waals surface area contributed by atoms with Gasteiger partial charge in [0.15, 0.2) is 0 Å². The molecule has 1 aromatic heterocycles. The molecule has 0 saturated heterocycles. The fraction of sp³-hybridized carbons (Fsp3) is 0.375. The first kappa shape index (κ1) is 12.9. The molecular weight excluding hydrogens is 254 g/mol. The second-order valence-corrected chi connectivity index (χ2v) is 5.46. The zero-order valence-corrected chi connectivity index (χ0v) is 11.4. The molecule has 0 radical (unpaired) electrons. The fourth-order valence-corrected chi connectivity index (χ4v) is 2.60. The smallest absolute Gasteiger partial charge is 0.303 e. The van der Waals surface area contributed by atoms with Crippen LogP contribution in [0.25, 0.3) is 11.5 Å². The molecule has 3 rings (SSSR count). The molecular formula is C16H17NO3. The van der Waals surface area contributed by atoms with E-state index in [0.717, 1.165) is 29.7 Å². The first-order chi connectivity index (χ1) is 9.63. The van der Waals surface area contributed by atoms with Crippen molar-refractivity contribution in [3.8, 4) is 11.5 Å². The van der Waals surface area contributed by atoms with E-state index in [0.29, 0.717) is 11.8 Å². The lowest BCUT2D eigenvalue weighted by Gasteiger charge is -2.14. The van der Waals surface area contributed by atoms with Crippen LogP contribution in [0.3, 0.4) is 0 Å². The minimum Gasteiger partial charge on any atom is -0.481 e. The summed E-state index contributed by atoms with van der Waals surface area (Å²) in [5.74, 6) is 0.540. The molecule has 0 amide bonds. The van der Waals surface area contributed by atoms with E-state index in [9.17, 15) is 4.79 Å². The van der Waals surface area contributed by atoms with Crippen LogP contribution in [-0.2, 0) is 4.79 Å². The van der Waals surface area contributed by atoms with E-state index in [-0.39, 0.29) is 12.3 Å². The first-order valence-corrected chi connectivity index (χ1v) is 6.88. The molecule has 1 aliphatic carbocycles. The van der Waals surface area contributed by atoms with E-state index in [4.69, 9.17) is 9.52 Å². The Bertz CT molecular complexity index is 611. The van der Waals surface area contributed by atoms with Gasteiger partial charge in [0.25, 0.3) is 0 Å². The van der Waals surface area contributed by atoms with Crippen molar-refractivity contribution in [2.75, 3.05) is 0 Å². The number of benzene rings is 1. The normalized spacial score (nSPS) is 16.1.